The van der Waals surface area contributed by atoms with E-state index in [2.05, 4.69) is 55.4 Å². The third-order valence-corrected chi connectivity index (χ3v) is 5.06. The smallest absolute Gasteiger partial charge is 0.0214 e. The van der Waals surface area contributed by atoms with Crippen molar-refractivity contribution >= 4 is 5.84 Å². The molecule has 0 bridgehead atoms. The van der Waals surface area contributed by atoms with Crippen molar-refractivity contribution in [3.63, 3.8) is 0 Å². The molecule has 4 nitrogen and oxygen atoms in total. The van der Waals surface area contributed by atoms with Gasteiger partial charge < -0.3 is 19.9 Å². The Labute approximate surface area is 133 Å². The van der Waals surface area contributed by atoms with Crippen molar-refractivity contribution in [2.45, 2.75) is 62.3 Å². The zero-order chi connectivity index (χ0) is 16.8. The lowest BCUT2D eigenvalue weighted by Crippen LogP contribution is -2.06. The van der Waals surface area contributed by atoms with Crippen LogP contribution in [0.25, 0.3) is 5.43 Å². The lowest BCUT2D eigenvalue weighted by Gasteiger charge is -2.22. The molecule has 0 aliphatic carbocycles. The standard InChI is InChI=1S/C18H27N4/c1-10-11(2)15(6)21(14(10)5)19-18(9)20-22-16(7)12(3)13(4)17(22)8/h1-9H3/q-1. The normalized spacial score (nSPS) is 12.1. The predicted molar refractivity (Wildman–Crippen MR) is 94.0 cm³/mol. The highest BCUT2D eigenvalue weighted by atomic mass is 15.5. The van der Waals surface area contributed by atoms with Crippen LogP contribution >= 0.6 is 0 Å². The molecule has 22 heavy (non-hydrogen) atoms. The Kier molecular flexibility index (Phi) is 4.23. The van der Waals surface area contributed by atoms with E-state index in [4.69, 9.17) is 10.5 Å². The molecular weight excluding hydrogens is 272 g/mol. The molecule has 0 N–H and O–H groups in total. The number of amidine groups is 1. The molecule has 0 spiro atoms. The summed E-state index contributed by atoms with van der Waals surface area (Å²) in [6.07, 6.45) is 0. The lowest BCUT2D eigenvalue weighted by molar-refractivity contribution is 0.801. The van der Waals surface area contributed by atoms with Gasteiger partial charge in [0.05, 0.1) is 0 Å². The van der Waals surface area contributed by atoms with Gasteiger partial charge in [-0.3, -0.25) is 0 Å². The van der Waals surface area contributed by atoms with Crippen LogP contribution < -0.4 is 0 Å². The largest absolute Gasteiger partial charge is 0.373 e. The van der Waals surface area contributed by atoms with E-state index in [1.165, 1.54) is 45.0 Å². The minimum absolute atomic E-state index is 0.752. The van der Waals surface area contributed by atoms with Crippen molar-refractivity contribution in [1.82, 2.24) is 9.35 Å². The zero-order valence-corrected chi connectivity index (χ0v) is 15.3. The fourth-order valence-corrected chi connectivity index (χ4v) is 2.83. The molecule has 2 aromatic rings. The second kappa shape index (κ2) is 5.67. The first kappa shape index (κ1) is 16.4. The van der Waals surface area contributed by atoms with E-state index in [0.717, 1.165) is 5.84 Å². The highest BCUT2D eigenvalue weighted by Crippen LogP contribution is 2.23. The van der Waals surface area contributed by atoms with Crippen LogP contribution in [-0.4, -0.2) is 15.2 Å². The van der Waals surface area contributed by atoms with E-state index in [1.807, 2.05) is 16.3 Å². The van der Waals surface area contributed by atoms with Crippen molar-refractivity contribution in [3.05, 3.63) is 50.5 Å². The van der Waals surface area contributed by atoms with Crippen molar-refractivity contribution in [3.8, 4) is 0 Å². The maximum Gasteiger partial charge on any atom is 0.0214 e. The fraction of sp³-hybridized carbons (Fsp3) is 0.500. The third kappa shape index (κ3) is 2.47. The molecule has 0 saturated heterocycles. The average molecular weight is 299 g/mol. The van der Waals surface area contributed by atoms with Gasteiger partial charge in [-0.05, 0) is 84.6 Å². The summed E-state index contributed by atoms with van der Waals surface area (Å²) in [5.74, 6) is 0.752. The maximum absolute atomic E-state index is 4.70. The Morgan fingerprint density at radius 2 is 1.05 bits per heavy atom. The molecule has 0 saturated carbocycles. The molecule has 2 heterocycles. The Morgan fingerprint density at radius 1 is 0.682 bits per heavy atom. The van der Waals surface area contributed by atoms with Crippen molar-refractivity contribution in [2.24, 2.45) is 5.10 Å². The summed E-state index contributed by atoms with van der Waals surface area (Å²) in [5, 5.41) is 4.70. The molecule has 120 valence electrons. The van der Waals surface area contributed by atoms with Crippen LogP contribution in [0.2, 0.25) is 0 Å². The van der Waals surface area contributed by atoms with E-state index >= 15 is 0 Å². The van der Waals surface area contributed by atoms with Gasteiger partial charge in [0, 0.05) is 22.8 Å². The molecule has 0 fully saturated rings. The maximum atomic E-state index is 4.70. The summed E-state index contributed by atoms with van der Waals surface area (Å²) in [6.45, 7) is 18.9. The minimum Gasteiger partial charge on any atom is -0.373 e. The molecule has 0 amide bonds. The molecule has 0 aliphatic rings. The first-order valence-electron chi connectivity index (χ1n) is 7.74. The number of nitrogens with zero attached hydrogens (tertiary/aromatic N) is 4. The van der Waals surface area contributed by atoms with E-state index in [9.17, 15) is 0 Å². The van der Waals surface area contributed by atoms with Gasteiger partial charge >= 0.3 is 0 Å². The second-order valence-corrected chi connectivity index (χ2v) is 6.21. The second-order valence-electron chi connectivity index (χ2n) is 6.21. The Balaban J connectivity index is 2.40. The highest BCUT2D eigenvalue weighted by molar-refractivity contribution is 5.92. The number of aromatic nitrogens is 2. The summed E-state index contributed by atoms with van der Waals surface area (Å²) in [7, 11) is 0. The van der Waals surface area contributed by atoms with Gasteiger partial charge in [0.15, 0.2) is 0 Å². The SMILES string of the molecule is C/C(=N\n1c(C)c(C)c(C)c1C)[N-]n1c(C)c(C)c(C)c1C. The van der Waals surface area contributed by atoms with Crippen LogP contribution in [0, 0.1) is 55.4 Å². The Bertz CT molecular complexity index is 706. The monoisotopic (exact) mass is 299 g/mol. The quantitative estimate of drug-likeness (QED) is 0.565. The van der Waals surface area contributed by atoms with Gasteiger partial charge in [-0.15, -0.1) is 0 Å². The van der Waals surface area contributed by atoms with Crippen LogP contribution in [0.1, 0.15) is 52.0 Å². The third-order valence-electron chi connectivity index (χ3n) is 5.06. The van der Waals surface area contributed by atoms with E-state index < -0.39 is 0 Å². The van der Waals surface area contributed by atoms with Gasteiger partial charge in [0.2, 0.25) is 0 Å². The van der Waals surface area contributed by atoms with Gasteiger partial charge in [-0.25, -0.2) is 0 Å². The molecule has 4 heteroatoms. The number of hydrogen-bond donors (Lipinski definition) is 0. The topological polar surface area (TPSA) is 36.3 Å². The van der Waals surface area contributed by atoms with Crippen LogP contribution in [0.5, 0.6) is 0 Å². The molecule has 2 rings (SSSR count). The molecule has 0 atom stereocenters. The van der Waals surface area contributed by atoms with E-state index in [1.54, 1.807) is 0 Å². The van der Waals surface area contributed by atoms with Crippen LogP contribution in [-0.2, 0) is 0 Å². The van der Waals surface area contributed by atoms with E-state index in [0.29, 0.717) is 0 Å². The van der Waals surface area contributed by atoms with Gasteiger partial charge in [0.25, 0.3) is 0 Å². The minimum atomic E-state index is 0.752. The fourth-order valence-electron chi connectivity index (χ4n) is 2.83. The molecular formula is C18H27N4-. The Hall–Kier alpha value is -1.97. The van der Waals surface area contributed by atoms with Crippen LogP contribution in [0.3, 0.4) is 0 Å². The van der Waals surface area contributed by atoms with Crippen LogP contribution in [0.15, 0.2) is 5.10 Å². The summed E-state index contributed by atoms with van der Waals surface area (Å²) in [5.41, 5.74) is 14.6. The Morgan fingerprint density at radius 3 is 1.45 bits per heavy atom. The van der Waals surface area contributed by atoms with Crippen molar-refractivity contribution < 1.29 is 0 Å². The van der Waals surface area contributed by atoms with E-state index in [-0.39, 0.29) is 0 Å². The zero-order valence-electron chi connectivity index (χ0n) is 15.3. The van der Waals surface area contributed by atoms with Gasteiger partial charge in [-0.2, -0.15) is 0 Å². The molecule has 0 unspecified atom stereocenters. The number of hydrogen-bond acceptors (Lipinski definition) is 1. The average Bonchev–Trinajstić information content (AvgIpc) is 2.77. The molecule has 0 aromatic carbocycles. The lowest BCUT2D eigenvalue weighted by atomic mass is 10.2. The first-order valence-corrected chi connectivity index (χ1v) is 7.74. The molecule has 2 aromatic heterocycles. The van der Waals surface area contributed by atoms with Crippen LogP contribution in [0.4, 0.5) is 0 Å². The summed E-state index contributed by atoms with van der Waals surface area (Å²) in [4.78, 5) is 0. The molecule has 0 aliphatic heterocycles. The summed E-state index contributed by atoms with van der Waals surface area (Å²) >= 11 is 0. The molecule has 0 radical (unpaired) electrons. The van der Waals surface area contributed by atoms with Gasteiger partial charge in [0.1, 0.15) is 0 Å². The predicted octanol–water partition coefficient (Wildman–Crippen LogP) is 4.78. The van der Waals surface area contributed by atoms with Crippen molar-refractivity contribution in [1.29, 1.82) is 0 Å². The van der Waals surface area contributed by atoms with Gasteiger partial charge in [-0.1, -0.05) is 5.84 Å². The number of rotatable bonds is 2. The van der Waals surface area contributed by atoms with Crippen molar-refractivity contribution in [2.75, 3.05) is 0 Å². The summed E-state index contributed by atoms with van der Waals surface area (Å²) in [6, 6.07) is 0. The first-order chi connectivity index (χ1) is 10.2. The highest BCUT2D eigenvalue weighted by Gasteiger charge is 2.09. The summed E-state index contributed by atoms with van der Waals surface area (Å²) < 4.78 is 3.99.